The first-order valence-electron chi connectivity index (χ1n) is 7.46. The molecule has 0 spiro atoms. The number of nitro groups is 2. The zero-order valence-corrected chi connectivity index (χ0v) is 14.3. The molecular weight excluding hydrogens is 366 g/mol. The van der Waals surface area contributed by atoms with Crippen LogP contribution in [0.25, 0.3) is 0 Å². The molecule has 2 amide bonds. The smallest absolute Gasteiger partial charge is 0.423 e. The Morgan fingerprint density at radius 2 is 1.78 bits per heavy atom. The number of hydrogen-bond donors (Lipinski definition) is 3. The molecule has 0 aliphatic heterocycles. The largest absolute Gasteiger partial charge is 0.480 e. The Bertz CT molecular complexity index is 755. The minimum Gasteiger partial charge on any atom is -0.480 e. The van der Waals surface area contributed by atoms with E-state index in [9.17, 15) is 34.6 Å². The van der Waals surface area contributed by atoms with Crippen LogP contribution in [0.3, 0.4) is 0 Å². The van der Waals surface area contributed by atoms with Crippen LogP contribution in [0.1, 0.15) is 13.8 Å². The highest BCUT2D eigenvalue weighted by Crippen LogP contribution is 2.25. The molecule has 13 nitrogen and oxygen atoms in total. The first kappa shape index (κ1) is 21.3. The van der Waals surface area contributed by atoms with E-state index >= 15 is 0 Å². The van der Waals surface area contributed by atoms with Gasteiger partial charge in [0.05, 0.1) is 4.92 Å². The van der Waals surface area contributed by atoms with Crippen LogP contribution < -0.4 is 15.6 Å². The van der Waals surface area contributed by atoms with Crippen molar-refractivity contribution in [1.82, 2.24) is 10.6 Å². The number of carboxylic acid groups (broad SMARTS) is 1. The fourth-order valence-corrected chi connectivity index (χ4v) is 2.05. The molecule has 0 aromatic heterocycles. The Morgan fingerprint density at radius 3 is 2.22 bits per heavy atom. The molecule has 0 unspecified atom stereocenters. The van der Waals surface area contributed by atoms with Gasteiger partial charge in [-0.2, -0.15) is 0 Å². The number of para-hydroxylation sites is 1. The maximum Gasteiger partial charge on any atom is 0.423 e. The first-order valence-corrected chi connectivity index (χ1v) is 7.46. The van der Waals surface area contributed by atoms with Crippen molar-refractivity contribution in [2.45, 2.75) is 25.6 Å². The molecule has 1 aromatic carbocycles. The van der Waals surface area contributed by atoms with Crippen LogP contribution in [0.2, 0.25) is 0 Å². The molecule has 0 bridgehead atoms. The summed E-state index contributed by atoms with van der Waals surface area (Å²) in [5, 5.41) is 34.5. The lowest BCUT2D eigenvalue weighted by molar-refractivity contribution is -0.619. The Hall–Kier alpha value is -3.77. The average Bonchev–Trinajstić information content (AvgIpc) is 2.59. The lowest BCUT2D eigenvalue weighted by atomic mass is 10.1. The summed E-state index contributed by atoms with van der Waals surface area (Å²) in [7, 11) is 0. The second kappa shape index (κ2) is 8.55. The molecule has 0 saturated heterocycles. The van der Waals surface area contributed by atoms with Crippen molar-refractivity contribution >= 4 is 23.5 Å². The number of carbonyl (C=O) groups is 3. The number of carboxylic acids is 1. The monoisotopic (exact) mass is 383 g/mol. The SMILES string of the molecule is C[C@H](NC(=O)[C@](C)(N(c1ccccc1)[N+](=O)[O-])[N+](=O)[O-])C(=O)NCC(=O)O. The quantitative estimate of drug-likeness (QED) is 0.284. The molecule has 0 aliphatic rings. The van der Waals surface area contributed by atoms with Crippen molar-refractivity contribution in [3.8, 4) is 0 Å². The summed E-state index contributed by atoms with van der Waals surface area (Å²) in [4.78, 5) is 56.5. The van der Waals surface area contributed by atoms with Crippen LogP contribution in [0.5, 0.6) is 0 Å². The number of nitrogens with zero attached hydrogens (tertiary/aromatic N) is 3. The molecule has 1 rings (SSSR count). The van der Waals surface area contributed by atoms with E-state index in [-0.39, 0.29) is 10.7 Å². The van der Waals surface area contributed by atoms with Crippen molar-refractivity contribution < 1.29 is 29.4 Å². The van der Waals surface area contributed by atoms with Gasteiger partial charge >= 0.3 is 17.5 Å². The van der Waals surface area contributed by atoms with E-state index in [1.54, 1.807) is 0 Å². The predicted octanol–water partition coefficient (Wildman–Crippen LogP) is -0.617. The van der Waals surface area contributed by atoms with Gasteiger partial charge in [-0.3, -0.25) is 24.5 Å². The second-order valence-corrected chi connectivity index (χ2v) is 5.47. The molecule has 0 aliphatic carbocycles. The van der Waals surface area contributed by atoms with Gasteiger partial charge in [-0.25, -0.2) is 10.1 Å². The molecule has 13 heteroatoms. The van der Waals surface area contributed by atoms with E-state index in [0.717, 1.165) is 13.8 Å². The third-order valence-electron chi connectivity index (χ3n) is 3.52. The Kier molecular flexibility index (Phi) is 6.74. The third-order valence-corrected chi connectivity index (χ3v) is 3.52. The van der Waals surface area contributed by atoms with Crippen LogP contribution in [0.4, 0.5) is 5.69 Å². The summed E-state index contributed by atoms with van der Waals surface area (Å²) in [6.07, 6.45) is 0. The highest BCUT2D eigenvalue weighted by molar-refractivity contribution is 5.93. The highest BCUT2D eigenvalue weighted by Gasteiger charge is 2.59. The summed E-state index contributed by atoms with van der Waals surface area (Å²) < 4.78 is 0. The number of benzene rings is 1. The number of anilines is 1. The standard InChI is InChI=1S/C14H17N5O8/c1-9(12(22)15-8-11(20)21)16-13(23)14(2,18(24)25)17(19(26)27)10-6-4-3-5-7-10/h3-7,9H,8H2,1-2H3,(H,15,22)(H,16,23)(H,20,21)/t9-,14+/m0/s1. The summed E-state index contributed by atoms with van der Waals surface area (Å²) in [6, 6.07) is 5.36. The summed E-state index contributed by atoms with van der Waals surface area (Å²) in [5.74, 6) is -3.68. The minimum absolute atomic E-state index is 0.0736. The van der Waals surface area contributed by atoms with Gasteiger partial charge in [0.25, 0.3) is 0 Å². The normalized spacial score (nSPS) is 13.6. The van der Waals surface area contributed by atoms with Crippen molar-refractivity contribution in [2.75, 3.05) is 11.6 Å². The van der Waals surface area contributed by atoms with Crippen molar-refractivity contribution in [2.24, 2.45) is 0 Å². The van der Waals surface area contributed by atoms with Crippen molar-refractivity contribution in [3.05, 3.63) is 50.6 Å². The fourth-order valence-electron chi connectivity index (χ4n) is 2.05. The number of nitrogens with one attached hydrogen (secondary N) is 2. The fraction of sp³-hybridized carbons (Fsp3) is 0.357. The van der Waals surface area contributed by atoms with Crippen LogP contribution in [-0.4, -0.2) is 51.1 Å². The van der Waals surface area contributed by atoms with E-state index in [1.807, 2.05) is 10.6 Å². The third kappa shape index (κ3) is 4.87. The molecule has 1 aromatic rings. The van der Waals surface area contributed by atoms with Gasteiger partial charge in [0.1, 0.15) is 18.3 Å². The zero-order valence-electron chi connectivity index (χ0n) is 14.3. The number of hydrogen-bond acceptors (Lipinski definition) is 7. The van der Waals surface area contributed by atoms with E-state index < -0.39 is 46.0 Å². The number of aliphatic carboxylic acids is 1. The van der Waals surface area contributed by atoms with Gasteiger partial charge in [-0.1, -0.05) is 18.2 Å². The van der Waals surface area contributed by atoms with Gasteiger partial charge in [0, 0.05) is 6.92 Å². The topological polar surface area (TPSA) is 185 Å². The molecule has 3 N–H and O–H groups in total. The highest BCUT2D eigenvalue weighted by atomic mass is 16.7. The van der Waals surface area contributed by atoms with Crippen molar-refractivity contribution in [1.29, 1.82) is 0 Å². The molecule has 0 heterocycles. The molecule has 27 heavy (non-hydrogen) atoms. The van der Waals surface area contributed by atoms with Gasteiger partial charge < -0.3 is 15.7 Å². The first-order chi connectivity index (χ1) is 12.5. The lowest BCUT2D eigenvalue weighted by Gasteiger charge is -2.26. The summed E-state index contributed by atoms with van der Waals surface area (Å²) >= 11 is 0. The number of amides is 2. The minimum atomic E-state index is -2.88. The van der Waals surface area contributed by atoms with Crippen LogP contribution in [0.15, 0.2) is 30.3 Å². The number of rotatable bonds is 9. The van der Waals surface area contributed by atoms with E-state index in [2.05, 4.69) is 0 Å². The number of carbonyl (C=O) groups excluding carboxylic acids is 2. The van der Waals surface area contributed by atoms with Crippen LogP contribution in [-0.2, 0) is 14.4 Å². The van der Waals surface area contributed by atoms with E-state index in [4.69, 9.17) is 5.11 Å². The van der Waals surface area contributed by atoms with Gasteiger partial charge in [0.15, 0.2) is 5.03 Å². The zero-order chi connectivity index (χ0) is 20.8. The molecule has 0 fully saturated rings. The summed E-state index contributed by atoms with van der Waals surface area (Å²) in [5.41, 5.74) is -3.11. The van der Waals surface area contributed by atoms with Crippen LogP contribution in [0, 0.1) is 20.2 Å². The Morgan fingerprint density at radius 1 is 1.22 bits per heavy atom. The average molecular weight is 383 g/mol. The van der Waals surface area contributed by atoms with Gasteiger partial charge in [-0.15, -0.1) is 0 Å². The van der Waals surface area contributed by atoms with Gasteiger partial charge in [0.2, 0.25) is 5.91 Å². The maximum atomic E-state index is 12.5. The Labute approximate surface area is 152 Å². The number of hydrazine groups is 1. The predicted molar refractivity (Wildman–Crippen MR) is 89.6 cm³/mol. The Balaban J connectivity index is 3.15. The maximum absolute atomic E-state index is 12.5. The van der Waals surface area contributed by atoms with Crippen molar-refractivity contribution in [3.63, 3.8) is 0 Å². The van der Waals surface area contributed by atoms with Gasteiger partial charge in [-0.05, 0) is 24.1 Å². The molecule has 146 valence electrons. The van der Waals surface area contributed by atoms with E-state index in [1.165, 1.54) is 30.3 Å². The summed E-state index contributed by atoms with van der Waals surface area (Å²) in [6.45, 7) is 1.14. The van der Waals surface area contributed by atoms with Crippen LogP contribution >= 0.6 is 0 Å². The van der Waals surface area contributed by atoms with E-state index in [0.29, 0.717) is 0 Å². The molecule has 0 radical (unpaired) electrons. The molecule has 0 saturated carbocycles. The lowest BCUT2D eigenvalue weighted by Crippen LogP contribution is -2.65. The second-order valence-electron chi connectivity index (χ2n) is 5.47. The molecule has 2 atom stereocenters. The molecular formula is C14H17N5O8.